The summed E-state index contributed by atoms with van der Waals surface area (Å²) in [4.78, 5) is 28.8. The fourth-order valence-electron chi connectivity index (χ4n) is 3.01. The summed E-state index contributed by atoms with van der Waals surface area (Å²) >= 11 is 0. The molecule has 152 valence electrons. The highest BCUT2D eigenvalue weighted by molar-refractivity contribution is 5.90. The minimum absolute atomic E-state index is 0.0151. The van der Waals surface area contributed by atoms with Crippen molar-refractivity contribution in [3.63, 3.8) is 0 Å². The minimum atomic E-state index is -0.598. The summed E-state index contributed by atoms with van der Waals surface area (Å²) in [5.74, 6) is -0.741. The van der Waals surface area contributed by atoms with Crippen LogP contribution in [0.5, 0.6) is 11.5 Å². The van der Waals surface area contributed by atoms with E-state index in [0.717, 1.165) is 18.8 Å². The Morgan fingerprint density at radius 1 is 1.21 bits per heavy atom. The second-order valence-electron chi connectivity index (χ2n) is 6.26. The predicted octanol–water partition coefficient (Wildman–Crippen LogP) is 3.12. The maximum Gasteiger partial charge on any atom is 0.323 e. The van der Waals surface area contributed by atoms with Gasteiger partial charge in [-0.05, 0) is 36.4 Å². The van der Waals surface area contributed by atoms with E-state index < -0.39 is 10.9 Å². The van der Waals surface area contributed by atoms with Crippen molar-refractivity contribution < 1.29 is 23.9 Å². The molecular weight excluding hydrogens is 378 g/mol. The van der Waals surface area contributed by atoms with Crippen molar-refractivity contribution in [3.8, 4) is 11.5 Å². The zero-order valence-corrected chi connectivity index (χ0v) is 16.2. The van der Waals surface area contributed by atoms with E-state index in [1.165, 1.54) is 32.4 Å². The monoisotopic (exact) mass is 399 g/mol. The highest BCUT2D eigenvalue weighted by Gasteiger charge is 2.25. The number of methoxy groups -OCH3 is 1. The van der Waals surface area contributed by atoms with Gasteiger partial charge in [0.15, 0.2) is 5.75 Å². The number of nitro benzene ring substituents is 1. The van der Waals surface area contributed by atoms with Crippen LogP contribution in [-0.4, -0.2) is 50.5 Å². The highest BCUT2D eigenvalue weighted by Crippen LogP contribution is 2.39. The minimum Gasteiger partial charge on any atom is -0.488 e. The van der Waals surface area contributed by atoms with Gasteiger partial charge in [0.2, 0.25) is 5.75 Å². The molecule has 3 rings (SSSR count). The van der Waals surface area contributed by atoms with Crippen LogP contribution in [0.2, 0.25) is 0 Å². The number of carbonyl (C=O) groups is 1. The van der Waals surface area contributed by atoms with Gasteiger partial charge in [-0.1, -0.05) is 0 Å². The Bertz CT molecular complexity index is 921. The van der Waals surface area contributed by atoms with Crippen LogP contribution < -0.4 is 14.4 Å². The van der Waals surface area contributed by atoms with Gasteiger partial charge < -0.3 is 19.1 Å². The molecule has 0 bridgehead atoms. The molecule has 2 aromatic rings. The summed E-state index contributed by atoms with van der Waals surface area (Å²) in [6, 6.07) is 10.5. The summed E-state index contributed by atoms with van der Waals surface area (Å²) in [5.41, 5.74) is 1.64. The van der Waals surface area contributed by atoms with Crippen LogP contribution in [0.4, 0.5) is 17.1 Å². The van der Waals surface area contributed by atoms with Crippen molar-refractivity contribution in [1.29, 1.82) is 0 Å². The molecule has 0 unspecified atom stereocenters. The van der Waals surface area contributed by atoms with E-state index in [9.17, 15) is 14.9 Å². The molecule has 0 atom stereocenters. The number of carbonyl (C=O) groups excluding carboxylic acids is 1. The van der Waals surface area contributed by atoms with Gasteiger partial charge in [-0.15, -0.1) is 0 Å². The molecule has 0 saturated carbocycles. The normalized spacial score (nSPS) is 14.1. The lowest BCUT2D eigenvalue weighted by Gasteiger charge is -2.28. The molecule has 0 aromatic heterocycles. The van der Waals surface area contributed by atoms with E-state index in [0.29, 0.717) is 18.9 Å². The highest BCUT2D eigenvalue weighted by atomic mass is 16.6. The maximum atomic E-state index is 11.6. The smallest absolute Gasteiger partial charge is 0.323 e. The Kier molecular flexibility index (Phi) is 6.40. The van der Waals surface area contributed by atoms with Gasteiger partial charge in [-0.3, -0.25) is 19.9 Å². The van der Waals surface area contributed by atoms with E-state index in [2.05, 4.69) is 9.89 Å². The van der Waals surface area contributed by atoms with E-state index in [-0.39, 0.29) is 22.7 Å². The van der Waals surface area contributed by atoms with Gasteiger partial charge in [0, 0.05) is 31.9 Å². The average molecular weight is 399 g/mol. The standard InChI is InChI=1S/C20H21N3O6/c1-14(24)29-18-8-3-15(19(23(25)26)20(18)27-2)13-21-16-4-6-17(7-5-16)22-9-11-28-12-10-22/h3-8,13H,9-12H2,1-2H3. The van der Waals surface area contributed by atoms with Crippen LogP contribution >= 0.6 is 0 Å². The molecule has 1 fully saturated rings. The topological polar surface area (TPSA) is 104 Å². The van der Waals surface area contributed by atoms with Crippen molar-refractivity contribution in [2.75, 3.05) is 38.3 Å². The van der Waals surface area contributed by atoms with Crippen molar-refractivity contribution in [2.24, 2.45) is 4.99 Å². The van der Waals surface area contributed by atoms with Crippen molar-refractivity contribution in [1.82, 2.24) is 0 Å². The van der Waals surface area contributed by atoms with Gasteiger partial charge in [-0.25, -0.2) is 0 Å². The van der Waals surface area contributed by atoms with Crippen molar-refractivity contribution in [2.45, 2.75) is 6.92 Å². The molecule has 0 spiro atoms. The fourth-order valence-corrected chi connectivity index (χ4v) is 3.01. The molecule has 9 heteroatoms. The van der Waals surface area contributed by atoms with Gasteiger partial charge in [0.25, 0.3) is 0 Å². The molecule has 9 nitrogen and oxygen atoms in total. The van der Waals surface area contributed by atoms with Crippen LogP contribution in [0.3, 0.4) is 0 Å². The number of nitrogens with zero attached hydrogens (tertiary/aromatic N) is 3. The predicted molar refractivity (Wildman–Crippen MR) is 108 cm³/mol. The summed E-state index contributed by atoms with van der Waals surface area (Å²) in [5, 5.41) is 11.6. The number of ether oxygens (including phenoxy) is 3. The van der Waals surface area contributed by atoms with Crippen LogP contribution in [0.1, 0.15) is 12.5 Å². The van der Waals surface area contributed by atoms with Crippen LogP contribution in [0.15, 0.2) is 41.4 Å². The Labute approximate surface area is 167 Å². The maximum absolute atomic E-state index is 11.6. The molecule has 0 N–H and O–H groups in total. The van der Waals surface area contributed by atoms with Crippen molar-refractivity contribution >= 4 is 29.2 Å². The lowest BCUT2D eigenvalue weighted by atomic mass is 10.1. The molecule has 1 saturated heterocycles. The first-order chi connectivity index (χ1) is 14.0. The van der Waals surface area contributed by atoms with E-state index in [1.807, 2.05) is 24.3 Å². The first kappa shape index (κ1) is 20.3. The second kappa shape index (κ2) is 9.16. The Balaban J connectivity index is 1.85. The first-order valence-electron chi connectivity index (χ1n) is 9.00. The number of hydrogen-bond acceptors (Lipinski definition) is 8. The Morgan fingerprint density at radius 2 is 1.90 bits per heavy atom. The summed E-state index contributed by atoms with van der Waals surface area (Å²) in [6.45, 7) is 4.29. The molecular formula is C20H21N3O6. The van der Waals surface area contributed by atoms with Crippen molar-refractivity contribution in [3.05, 3.63) is 52.1 Å². The number of benzene rings is 2. The van der Waals surface area contributed by atoms with Crippen LogP contribution in [0, 0.1) is 10.1 Å². The third-order valence-electron chi connectivity index (χ3n) is 4.35. The lowest BCUT2D eigenvalue weighted by Crippen LogP contribution is -2.36. The number of morpholine rings is 1. The number of esters is 1. The SMILES string of the molecule is COc1c(OC(C)=O)ccc(C=Nc2ccc(N3CCOCC3)cc2)c1[N+](=O)[O-]. The lowest BCUT2D eigenvalue weighted by molar-refractivity contribution is -0.385. The fraction of sp³-hybridized carbons (Fsp3) is 0.300. The van der Waals surface area contributed by atoms with E-state index in [4.69, 9.17) is 14.2 Å². The number of nitro groups is 1. The molecule has 0 aliphatic carbocycles. The summed E-state index contributed by atoms with van der Waals surface area (Å²) in [7, 11) is 1.28. The van der Waals surface area contributed by atoms with Crippen LogP contribution in [0.25, 0.3) is 0 Å². The number of rotatable bonds is 6. The quantitative estimate of drug-likeness (QED) is 0.242. The second-order valence-corrected chi connectivity index (χ2v) is 6.26. The molecule has 1 heterocycles. The van der Waals surface area contributed by atoms with Gasteiger partial charge in [-0.2, -0.15) is 0 Å². The summed E-state index contributed by atoms with van der Waals surface area (Å²) in [6.07, 6.45) is 1.39. The molecule has 1 aliphatic rings. The average Bonchev–Trinajstić information content (AvgIpc) is 2.73. The zero-order valence-electron chi connectivity index (χ0n) is 16.2. The van der Waals surface area contributed by atoms with E-state index >= 15 is 0 Å². The number of aliphatic imine (C=N–C) groups is 1. The molecule has 2 aromatic carbocycles. The molecule has 0 amide bonds. The largest absolute Gasteiger partial charge is 0.488 e. The molecule has 0 radical (unpaired) electrons. The zero-order chi connectivity index (χ0) is 20.8. The molecule has 29 heavy (non-hydrogen) atoms. The third kappa shape index (κ3) is 4.88. The number of anilines is 1. The Hall–Kier alpha value is -3.46. The van der Waals surface area contributed by atoms with Gasteiger partial charge >= 0.3 is 11.7 Å². The van der Waals surface area contributed by atoms with Gasteiger partial charge in [0.1, 0.15) is 0 Å². The summed E-state index contributed by atoms with van der Waals surface area (Å²) < 4.78 is 15.5. The first-order valence-corrected chi connectivity index (χ1v) is 9.00. The number of hydrogen-bond donors (Lipinski definition) is 0. The molecule has 1 aliphatic heterocycles. The third-order valence-corrected chi connectivity index (χ3v) is 4.35. The van der Waals surface area contributed by atoms with Crippen LogP contribution in [-0.2, 0) is 9.53 Å². The van der Waals surface area contributed by atoms with Gasteiger partial charge in [0.05, 0.1) is 36.5 Å². The Morgan fingerprint density at radius 3 is 2.48 bits per heavy atom. The van der Waals surface area contributed by atoms with E-state index in [1.54, 1.807) is 0 Å².